The van der Waals surface area contributed by atoms with E-state index in [0.717, 1.165) is 10.9 Å². The molecule has 0 atom stereocenters. The lowest BCUT2D eigenvalue weighted by Crippen LogP contribution is -2.32. The zero-order valence-corrected chi connectivity index (χ0v) is 11.2. The van der Waals surface area contributed by atoms with Gasteiger partial charge in [-0.15, -0.1) is 0 Å². The Hall–Kier alpha value is -2.67. The molecule has 7 nitrogen and oxygen atoms in total. The molecule has 1 heterocycles. The maximum absolute atomic E-state index is 11.7. The summed E-state index contributed by atoms with van der Waals surface area (Å²) in [7, 11) is 0. The Bertz CT molecular complexity index is 640. The molecule has 21 heavy (non-hydrogen) atoms. The molecule has 0 unspecified atom stereocenters. The minimum atomic E-state index is -1.04. The maximum atomic E-state index is 11.7. The van der Waals surface area contributed by atoms with Gasteiger partial charge in [-0.25, -0.2) is 9.59 Å². The number of carbonyl (C=O) groups is 2. The van der Waals surface area contributed by atoms with E-state index < -0.39 is 5.97 Å². The van der Waals surface area contributed by atoms with Crippen LogP contribution < -0.4 is 10.6 Å². The van der Waals surface area contributed by atoms with E-state index in [1.165, 1.54) is 0 Å². The topological polar surface area (TPSA) is 101 Å². The fourth-order valence-electron chi connectivity index (χ4n) is 1.78. The number of urea groups is 1. The van der Waals surface area contributed by atoms with Crippen molar-refractivity contribution in [3.63, 3.8) is 0 Å². The smallest absolute Gasteiger partial charge is 0.329 e. The Morgan fingerprint density at radius 1 is 1.24 bits per heavy atom. The number of carboxylic acids is 1. The number of aliphatic carboxylic acids is 1. The molecule has 1 aromatic heterocycles. The second-order valence-electron chi connectivity index (χ2n) is 4.20. The maximum Gasteiger partial charge on any atom is 0.329 e. The number of ether oxygens (including phenoxy) is 1. The third kappa shape index (κ3) is 4.43. The first-order valence-electron chi connectivity index (χ1n) is 6.35. The molecular weight excluding hydrogens is 274 g/mol. The molecule has 0 aliphatic rings. The number of anilines is 1. The van der Waals surface area contributed by atoms with Crippen molar-refractivity contribution in [2.45, 2.75) is 0 Å². The zero-order chi connectivity index (χ0) is 15.1. The van der Waals surface area contributed by atoms with Gasteiger partial charge in [0, 0.05) is 18.1 Å². The number of benzene rings is 1. The quantitative estimate of drug-likeness (QED) is 0.699. The second-order valence-corrected chi connectivity index (χ2v) is 4.20. The molecule has 7 heteroatoms. The van der Waals surface area contributed by atoms with E-state index in [1.807, 2.05) is 12.1 Å². The van der Waals surface area contributed by atoms with Gasteiger partial charge in [-0.3, -0.25) is 4.98 Å². The second kappa shape index (κ2) is 7.20. The molecule has 0 saturated carbocycles. The van der Waals surface area contributed by atoms with Crippen LogP contribution in [-0.4, -0.2) is 41.8 Å². The number of nitrogens with one attached hydrogen (secondary N) is 2. The van der Waals surface area contributed by atoms with Crippen LogP contribution in [0.25, 0.3) is 10.9 Å². The van der Waals surface area contributed by atoms with Crippen LogP contribution in [0.4, 0.5) is 10.5 Å². The summed E-state index contributed by atoms with van der Waals surface area (Å²) >= 11 is 0. The highest BCUT2D eigenvalue weighted by atomic mass is 16.5. The Labute approximate surface area is 120 Å². The van der Waals surface area contributed by atoms with Crippen LogP contribution in [0.3, 0.4) is 0 Å². The molecule has 2 rings (SSSR count). The van der Waals surface area contributed by atoms with E-state index >= 15 is 0 Å². The van der Waals surface area contributed by atoms with Crippen molar-refractivity contribution in [2.75, 3.05) is 25.1 Å². The van der Waals surface area contributed by atoms with E-state index in [-0.39, 0.29) is 25.8 Å². The number of hydrogen-bond acceptors (Lipinski definition) is 4. The normalized spacial score (nSPS) is 10.3. The summed E-state index contributed by atoms with van der Waals surface area (Å²) in [6, 6.07) is 8.73. The summed E-state index contributed by atoms with van der Waals surface area (Å²) in [5, 5.41) is 14.5. The first kappa shape index (κ1) is 14.7. The van der Waals surface area contributed by atoms with Gasteiger partial charge in [0.1, 0.15) is 6.61 Å². The number of aromatic nitrogens is 1. The zero-order valence-electron chi connectivity index (χ0n) is 11.2. The van der Waals surface area contributed by atoms with Gasteiger partial charge in [0.05, 0.1) is 17.8 Å². The molecule has 2 amide bonds. The van der Waals surface area contributed by atoms with Gasteiger partial charge in [0.15, 0.2) is 0 Å². The molecule has 3 N–H and O–H groups in total. The third-order valence-electron chi connectivity index (χ3n) is 2.65. The van der Waals surface area contributed by atoms with Gasteiger partial charge in [0.25, 0.3) is 0 Å². The SMILES string of the molecule is O=C(O)COCCNC(=O)Nc1cccc2ncccc12. The van der Waals surface area contributed by atoms with Crippen LogP contribution in [0.1, 0.15) is 0 Å². The summed E-state index contributed by atoms with van der Waals surface area (Å²) < 4.78 is 4.81. The van der Waals surface area contributed by atoms with Gasteiger partial charge in [0.2, 0.25) is 0 Å². The Kier molecular flexibility index (Phi) is 5.05. The molecule has 0 radical (unpaired) electrons. The fourth-order valence-corrected chi connectivity index (χ4v) is 1.78. The molecule has 110 valence electrons. The third-order valence-corrected chi connectivity index (χ3v) is 2.65. The summed E-state index contributed by atoms with van der Waals surface area (Å²) in [6.07, 6.45) is 1.69. The predicted molar refractivity (Wildman–Crippen MR) is 77.2 cm³/mol. The molecule has 0 saturated heterocycles. The largest absolute Gasteiger partial charge is 0.480 e. The summed E-state index contributed by atoms with van der Waals surface area (Å²) in [6.45, 7) is -0.0166. The Balaban J connectivity index is 1.86. The van der Waals surface area contributed by atoms with Gasteiger partial charge < -0.3 is 20.5 Å². The molecule has 2 aromatic rings. The highest BCUT2D eigenvalue weighted by Gasteiger charge is 2.05. The monoisotopic (exact) mass is 289 g/mol. The van der Waals surface area contributed by atoms with Crippen LogP contribution in [0.5, 0.6) is 0 Å². The summed E-state index contributed by atoms with van der Waals surface area (Å²) in [5.41, 5.74) is 1.45. The number of rotatable bonds is 6. The highest BCUT2D eigenvalue weighted by molar-refractivity contribution is 6.00. The minimum Gasteiger partial charge on any atom is -0.480 e. The summed E-state index contributed by atoms with van der Waals surface area (Å²) in [4.78, 5) is 26.2. The number of nitrogens with zero attached hydrogens (tertiary/aromatic N) is 1. The van der Waals surface area contributed by atoms with Crippen LogP contribution in [0.15, 0.2) is 36.5 Å². The number of carboxylic acid groups (broad SMARTS) is 1. The van der Waals surface area contributed by atoms with Crippen molar-refractivity contribution in [1.29, 1.82) is 0 Å². The van der Waals surface area contributed by atoms with E-state index in [4.69, 9.17) is 9.84 Å². The predicted octanol–water partition coefficient (Wildman–Crippen LogP) is 1.46. The Morgan fingerprint density at radius 2 is 2.10 bits per heavy atom. The van der Waals surface area contributed by atoms with Crippen molar-refractivity contribution in [3.8, 4) is 0 Å². The molecule has 1 aromatic carbocycles. The average molecular weight is 289 g/mol. The average Bonchev–Trinajstić information content (AvgIpc) is 2.47. The van der Waals surface area contributed by atoms with Gasteiger partial charge in [-0.1, -0.05) is 6.07 Å². The first-order valence-corrected chi connectivity index (χ1v) is 6.35. The van der Waals surface area contributed by atoms with E-state index in [1.54, 1.807) is 24.4 Å². The lowest BCUT2D eigenvalue weighted by molar-refractivity contribution is -0.142. The first-order chi connectivity index (χ1) is 10.2. The number of fused-ring (bicyclic) bond motifs is 1. The molecule has 0 bridgehead atoms. The van der Waals surface area contributed by atoms with Crippen molar-refractivity contribution in [2.24, 2.45) is 0 Å². The van der Waals surface area contributed by atoms with Crippen molar-refractivity contribution < 1.29 is 19.4 Å². The molecule has 0 aliphatic carbocycles. The van der Waals surface area contributed by atoms with Gasteiger partial charge in [-0.2, -0.15) is 0 Å². The number of carbonyl (C=O) groups excluding carboxylic acids is 1. The lowest BCUT2D eigenvalue weighted by atomic mass is 10.2. The number of hydrogen-bond donors (Lipinski definition) is 3. The van der Waals surface area contributed by atoms with Crippen molar-refractivity contribution in [1.82, 2.24) is 10.3 Å². The van der Waals surface area contributed by atoms with Crippen molar-refractivity contribution >= 4 is 28.6 Å². The minimum absolute atomic E-state index is 0.136. The van der Waals surface area contributed by atoms with E-state index in [0.29, 0.717) is 5.69 Å². The molecule has 0 fully saturated rings. The highest BCUT2D eigenvalue weighted by Crippen LogP contribution is 2.20. The molecule has 0 spiro atoms. The molecular formula is C14H15N3O4. The number of amides is 2. The van der Waals surface area contributed by atoms with Crippen molar-refractivity contribution in [3.05, 3.63) is 36.5 Å². The van der Waals surface area contributed by atoms with Crippen LogP contribution >= 0.6 is 0 Å². The standard InChI is InChI=1S/C14H15N3O4/c18-13(19)9-21-8-7-16-14(20)17-12-5-1-4-11-10(12)3-2-6-15-11/h1-6H,7-9H2,(H,18,19)(H2,16,17,20). The lowest BCUT2D eigenvalue weighted by Gasteiger charge is -2.09. The Morgan fingerprint density at radius 3 is 2.90 bits per heavy atom. The summed E-state index contributed by atoms with van der Waals surface area (Å²) in [5.74, 6) is -1.04. The van der Waals surface area contributed by atoms with Crippen LogP contribution in [0.2, 0.25) is 0 Å². The van der Waals surface area contributed by atoms with E-state index in [2.05, 4.69) is 15.6 Å². The van der Waals surface area contributed by atoms with Gasteiger partial charge >= 0.3 is 12.0 Å². The van der Waals surface area contributed by atoms with Crippen LogP contribution in [-0.2, 0) is 9.53 Å². The number of pyridine rings is 1. The van der Waals surface area contributed by atoms with E-state index in [9.17, 15) is 9.59 Å². The molecule has 0 aliphatic heterocycles. The van der Waals surface area contributed by atoms with Crippen LogP contribution in [0, 0.1) is 0 Å². The van der Waals surface area contributed by atoms with Gasteiger partial charge in [-0.05, 0) is 24.3 Å². The fraction of sp³-hybridized carbons (Fsp3) is 0.214.